The van der Waals surface area contributed by atoms with E-state index in [9.17, 15) is 19.0 Å². The SMILES string of the molecule is CCCCCc1oc(CCCCCCCCC(=O)OC[C@H](COP(=O)(O)OCCN)OC(=O)CCC/C=C\C/C=C\C/C=C\C/C=C\CCCCCO)c(C)c1C. The lowest BCUT2D eigenvalue weighted by molar-refractivity contribution is -0.161. The highest BCUT2D eigenvalue weighted by atomic mass is 31.2. The molecule has 0 amide bonds. The summed E-state index contributed by atoms with van der Waals surface area (Å²) in [4.78, 5) is 35.0. The second kappa shape index (κ2) is 35.2. The molecule has 2 atom stereocenters. The molecule has 0 aliphatic carbocycles. The minimum Gasteiger partial charge on any atom is -0.466 e. The highest BCUT2D eigenvalue weighted by molar-refractivity contribution is 7.47. The van der Waals surface area contributed by atoms with Crippen LogP contribution in [0.15, 0.2) is 53.0 Å². The normalized spacial score (nSPS) is 13.7. The van der Waals surface area contributed by atoms with Crippen molar-refractivity contribution < 1.29 is 47.1 Å². The van der Waals surface area contributed by atoms with Gasteiger partial charge in [0, 0.05) is 38.8 Å². The third-order valence-corrected chi connectivity index (χ3v) is 10.5. The lowest BCUT2D eigenvalue weighted by Gasteiger charge is -2.19. The zero-order valence-electron chi connectivity index (χ0n) is 35.5. The molecule has 0 spiro atoms. The van der Waals surface area contributed by atoms with E-state index in [-0.39, 0.29) is 39.2 Å². The van der Waals surface area contributed by atoms with Gasteiger partial charge in [0.25, 0.3) is 0 Å². The Morgan fingerprint density at radius 1 is 0.684 bits per heavy atom. The van der Waals surface area contributed by atoms with E-state index < -0.39 is 32.5 Å². The maximum atomic E-state index is 12.6. The number of phosphoric acid groups is 1. The molecule has 0 bridgehead atoms. The number of aryl methyl sites for hydroxylation is 2. The van der Waals surface area contributed by atoms with Crippen molar-refractivity contribution in [2.75, 3.05) is 33.0 Å². The summed E-state index contributed by atoms with van der Waals surface area (Å²) in [7, 11) is -4.42. The highest BCUT2D eigenvalue weighted by Crippen LogP contribution is 2.43. The topological polar surface area (TPSA) is 168 Å². The summed E-state index contributed by atoms with van der Waals surface area (Å²) in [6.07, 6.45) is 35.7. The summed E-state index contributed by atoms with van der Waals surface area (Å²) in [5.41, 5.74) is 7.94. The van der Waals surface area contributed by atoms with Gasteiger partial charge in [-0.15, -0.1) is 0 Å². The van der Waals surface area contributed by atoms with Gasteiger partial charge < -0.3 is 29.6 Å². The van der Waals surface area contributed by atoms with Crippen molar-refractivity contribution in [1.82, 2.24) is 0 Å². The van der Waals surface area contributed by atoms with E-state index in [2.05, 4.69) is 63.3 Å². The molecule has 11 nitrogen and oxygen atoms in total. The molecule has 57 heavy (non-hydrogen) atoms. The number of ether oxygens (including phenoxy) is 2. The van der Waals surface area contributed by atoms with Gasteiger partial charge in [-0.25, -0.2) is 4.57 Å². The summed E-state index contributed by atoms with van der Waals surface area (Å²) < 4.78 is 39.0. The first kappa shape index (κ1) is 52.2. The Balaban J connectivity index is 2.32. The fourth-order valence-electron chi connectivity index (χ4n) is 5.96. The van der Waals surface area contributed by atoms with E-state index in [1.54, 1.807) is 0 Å². The molecular formula is C45H76NO10P. The minimum absolute atomic E-state index is 0.0308. The van der Waals surface area contributed by atoms with Crippen LogP contribution in [0.5, 0.6) is 0 Å². The van der Waals surface area contributed by atoms with Gasteiger partial charge in [0.2, 0.25) is 0 Å². The monoisotopic (exact) mass is 822 g/mol. The minimum atomic E-state index is -4.42. The molecule has 0 fully saturated rings. The number of carbonyl (C=O) groups is 2. The molecule has 12 heteroatoms. The van der Waals surface area contributed by atoms with E-state index >= 15 is 0 Å². The number of aliphatic hydroxyl groups is 1. The smallest absolute Gasteiger partial charge is 0.466 e. The van der Waals surface area contributed by atoms with Gasteiger partial charge in [0.05, 0.1) is 13.2 Å². The van der Waals surface area contributed by atoms with Crippen LogP contribution >= 0.6 is 7.82 Å². The largest absolute Gasteiger partial charge is 0.472 e. The molecule has 4 N–H and O–H groups in total. The van der Waals surface area contributed by atoms with Crippen LogP contribution in [0.25, 0.3) is 0 Å². The third-order valence-electron chi connectivity index (χ3n) is 9.48. The van der Waals surface area contributed by atoms with Crippen LogP contribution in [0, 0.1) is 13.8 Å². The molecule has 0 aliphatic heterocycles. The molecule has 0 aromatic carbocycles. The molecule has 1 aromatic heterocycles. The molecule has 326 valence electrons. The average Bonchev–Trinajstić information content (AvgIpc) is 3.46. The summed E-state index contributed by atoms with van der Waals surface area (Å²) in [6.45, 7) is 5.90. The molecule has 0 saturated heterocycles. The van der Waals surface area contributed by atoms with Crippen molar-refractivity contribution in [2.24, 2.45) is 5.73 Å². The van der Waals surface area contributed by atoms with Crippen LogP contribution < -0.4 is 5.73 Å². The number of furan rings is 1. The third kappa shape index (κ3) is 29.1. The number of allylic oxidation sites excluding steroid dienone is 8. The molecule has 1 heterocycles. The molecule has 1 aromatic rings. The standard InChI is InChI=1S/C45H76NO10P/c1-4-5-25-30-42-39(2)40(3)43(56-42)31-26-21-18-19-22-27-32-44(48)52-37-41(38-54-57(50,51)53-36-34-46)55-45(49)33-28-23-17-15-13-11-9-7-6-8-10-12-14-16-20-24-29-35-47/h6,8-9,11-12,14-15,17,41,47H,4-5,7,10,13,16,18-38,46H2,1-3H3,(H,50,51)/b8-6-,11-9-,14-12-,17-15-/t41-/m1/s1. The highest BCUT2D eigenvalue weighted by Gasteiger charge is 2.26. The molecule has 1 rings (SSSR count). The zero-order chi connectivity index (χ0) is 41.8. The Morgan fingerprint density at radius 3 is 1.81 bits per heavy atom. The first-order valence-electron chi connectivity index (χ1n) is 21.6. The van der Waals surface area contributed by atoms with Crippen molar-refractivity contribution in [3.05, 3.63) is 71.3 Å². The maximum absolute atomic E-state index is 12.6. The number of unbranched alkanes of at least 4 members (excludes halogenated alkanes) is 11. The summed E-state index contributed by atoms with van der Waals surface area (Å²) in [6, 6.07) is 0. The zero-order valence-corrected chi connectivity index (χ0v) is 36.4. The van der Waals surface area contributed by atoms with Crippen LogP contribution in [0.2, 0.25) is 0 Å². The number of hydrogen-bond acceptors (Lipinski definition) is 10. The Labute approximate surface area is 344 Å². The van der Waals surface area contributed by atoms with Crippen molar-refractivity contribution in [1.29, 1.82) is 0 Å². The Hall–Kier alpha value is -2.79. The lowest BCUT2D eigenvalue weighted by atomic mass is 10.0. The Morgan fingerprint density at radius 2 is 1.21 bits per heavy atom. The summed E-state index contributed by atoms with van der Waals surface area (Å²) in [5.74, 6) is 1.32. The van der Waals surface area contributed by atoms with Gasteiger partial charge in [0.15, 0.2) is 6.10 Å². The predicted octanol–water partition coefficient (Wildman–Crippen LogP) is 10.6. The summed E-state index contributed by atoms with van der Waals surface area (Å²) >= 11 is 0. The predicted molar refractivity (Wildman–Crippen MR) is 229 cm³/mol. The molecule has 0 aliphatic rings. The second-order valence-electron chi connectivity index (χ2n) is 14.5. The Kier molecular flexibility index (Phi) is 32.2. The molecular weight excluding hydrogens is 745 g/mol. The van der Waals surface area contributed by atoms with Crippen LogP contribution in [0.3, 0.4) is 0 Å². The van der Waals surface area contributed by atoms with Crippen LogP contribution in [-0.2, 0) is 45.5 Å². The van der Waals surface area contributed by atoms with E-state index in [4.69, 9.17) is 33.8 Å². The van der Waals surface area contributed by atoms with E-state index in [0.29, 0.717) is 19.3 Å². The van der Waals surface area contributed by atoms with E-state index in [1.165, 1.54) is 30.4 Å². The van der Waals surface area contributed by atoms with Crippen LogP contribution in [0.4, 0.5) is 0 Å². The summed E-state index contributed by atoms with van der Waals surface area (Å²) in [5, 5.41) is 8.79. The van der Waals surface area contributed by atoms with Crippen LogP contribution in [0.1, 0.15) is 158 Å². The number of hydrogen-bond donors (Lipinski definition) is 3. The molecule has 1 unspecified atom stereocenters. The number of phosphoric ester groups is 1. The first-order valence-corrected chi connectivity index (χ1v) is 23.1. The van der Waals surface area contributed by atoms with Crippen molar-refractivity contribution in [3.63, 3.8) is 0 Å². The number of rotatable bonds is 37. The maximum Gasteiger partial charge on any atom is 0.472 e. The van der Waals surface area contributed by atoms with E-state index in [0.717, 1.165) is 101 Å². The molecule has 0 radical (unpaired) electrons. The van der Waals surface area contributed by atoms with Gasteiger partial charge >= 0.3 is 19.8 Å². The fourth-order valence-corrected chi connectivity index (χ4v) is 6.73. The molecule has 0 saturated carbocycles. The first-order chi connectivity index (χ1) is 27.6. The van der Waals surface area contributed by atoms with E-state index in [1.807, 2.05) is 6.08 Å². The number of carbonyl (C=O) groups excluding carboxylic acids is 2. The Bertz CT molecular complexity index is 1350. The second-order valence-corrected chi connectivity index (χ2v) is 16.0. The van der Waals surface area contributed by atoms with Gasteiger partial charge in [-0.2, -0.15) is 0 Å². The van der Waals surface area contributed by atoms with Gasteiger partial charge in [-0.3, -0.25) is 18.6 Å². The average molecular weight is 822 g/mol. The van der Waals surface area contributed by atoms with Crippen molar-refractivity contribution in [2.45, 2.75) is 168 Å². The fraction of sp³-hybridized carbons (Fsp3) is 0.689. The lowest BCUT2D eigenvalue weighted by Crippen LogP contribution is -2.29. The quantitative estimate of drug-likeness (QED) is 0.0253. The number of esters is 2. The van der Waals surface area contributed by atoms with Gasteiger partial charge in [-0.05, 0) is 95.6 Å². The number of aliphatic hydroxyl groups excluding tert-OH is 1. The van der Waals surface area contributed by atoms with Crippen molar-refractivity contribution in [3.8, 4) is 0 Å². The van der Waals surface area contributed by atoms with Crippen molar-refractivity contribution >= 4 is 19.8 Å². The van der Waals surface area contributed by atoms with Gasteiger partial charge in [0.1, 0.15) is 18.1 Å². The van der Waals surface area contributed by atoms with Gasteiger partial charge in [-0.1, -0.05) is 100 Å². The number of nitrogens with two attached hydrogens (primary N) is 1. The van der Waals surface area contributed by atoms with Crippen LogP contribution in [-0.4, -0.2) is 61.0 Å².